The molecule has 0 radical (unpaired) electrons. The van der Waals surface area contributed by atoms with E-state index < -0.39 is 5.91 Å². The number of carbonyl (C=O) groups excluding carboxylic acids is 1. The number of aromatic nitrogens is 1. The lowest BCUT2D eigenvalue weighted by molar-refractivity contribution is -0.122. The van der Waals surface area contributed by atoms with Crippen LogP contribution < -0.4 is 11.1 Å². The molecule has 6 heteroatoms. The second kappa shape index (κ2) is 6.57. The molecule has 1 aromatic heterocycles. The number of pyridine rings is 1. The van der Waals surface area contributed by atoms with Crippen molar-refractivity contribution in [1.82, 2.24) is 4.98 Å². The first-order valence-electron chi connectivity index (χ1n) is 5.53. The number of hydrogen-bond donors (Lipinski definition) is 2. The van der Waals surface area contributed by atoms with Crippen LogP contribution in [0.15, 0.2) is 6.07 Å². The van der Waals surface area contributed by atoms with Crippen molar-refractivity contribution < 1.29 is 9.53 Å². The molecular formula is C12H16N4O2. The first-order valence-corrected chi connectivity index (χ1v) is 5.53. The SMILES string of the molecule is Cc1cc(NCCOCC(N)=O)c(C#N)c(C)n1. The molecule has 1 rings (SSSR count). The zero-order valence-corrected chi connectivity index (χ0v) is 10.5. The van der Waals surface area contributed by atoms with E-state index in [1.54, 1.807) is 13.0 Å². The van der Waals surface area contributed by atoms with Gasteiger partial charge in [0.2, 0.25) is 5.91 Å². The van der Waals surface area contributed by atoms with Crippen molar-refractivity contribution in [2.45, 2.75) is 13.8 Å². The highest BCUT2D eigenvalue weighted by Crippen LogP contribution is 2.18. The number of ether oxygens (including phenoxy) is 1. The summed E-state index contributed by atoms with van der Waals surface area (Å²) in [5.41, 5.74) is 7.72. The van der Waals surface area contributed by atoms with Crippen molar-refractivity contribution in [3.8, 4) is 6.07 Å². The van der Waals surface area contributed by atoms with Crippen LogP contribution in [0.5, 0.6) is 0 Å². The third kappa shape index (κ3) is 4.03. The standard InChI is InChI=1S/C12H16N4O2/c1-8-5-11(10(6-13)9(2)16-8)15-3-4-18-7-12(14)17/h5H,3-4,7H2,1-2H3,(H2,14,17)(H,15,16). The summed E-state index contributed by atoms with van der Waals surface area (Å²) in [5.74, 6) is -0.497. The first-order chi connectivity index (χ1) is 8.54. The van der Waals surface area contributed by atoms with Gasteiger partial charge in [-0.25, -0.2) is 0 Å². The Morgan fingerprint density at radius 3 is 2.94 bits per heavy atom. The molecule has 3 N–H and O–H groups in total. The lowest BCUT2D eigenvalue weighted by atomic mass is 10.1. The monoisotopic (exact) mass is 248 g/mol. The van der Waals surface area contributed by atoms with Gasteiger partial charge in [-0.15, -0.1) is 0 Å². The lowest BCUT2D eigenvalue weighted by Gasteiger charge is -2.10. The third-order valence-electron chi connectivity index (χ3n) is 2.25. The molecule has 0 atom stereocenters. The van der Waals surface area contributed by atoms with E-state index in [9.17, 15) is 4.79 Å². The third-order valence-corrected chi connectivity index (χ3v) is 2.25. The molecule has 1 amide bonds. The first kappa shape index (κ1) is 13.9. The van der Waals surface area contributed by atoms with E-state index in [1.165, 1.54) is 0 Å². The summed E-state index contributed by atoms with van der Waals surface area (Å²) in [7, 11) is 0. The second-order valence-electron chi connectivity index (χ2n) is 3.83. The van der Waals surface area contributed by atoms with Gasteiger partial charge in [0, 0.05) is 12.2 Å². The lowest BCUT2D eigenvalue weighted by Crippen LogP contribution is -2.20. The Balaban J connectivity index is 2.57. The van der Waals surface area contributed by atoms with E-state index in [2.05, 4.69) is 16.4 Å². The number of rotatable bonds is 6. The van der Waals surface area contributed by atoms with Crippen LogP contribution in [0.3, 0.4) is 0 Å². The number of anilines is 1. The number of nitrogens with one attached hydrogen (secondary N) is 1. The normalized spacial score (nSPS) is 9.83. The van der Waals surface area contributed by atoms with Crippen LogP contribution in [0.2, 0.25) is 0 Å². The van der Waals surface area contributed by atoms with Crippen molar-refractivity contribution in [2.75, 3.05) is 25.1 Å². The molecule has 0 bridgehead atoms. The fourth-order valence-electron chi connectivity index (χ4n) is 1.54. The number of nitrogens with two attached hydrogens (primary N) is 1. The highest BCUT2D eigenvalue weighted by Gasteiger charge is 2.07. The summed E-state index contributed by atoms with van der Waals surface area (Å²) in [6.07, 6.45) is 0. The summed E-state index contributed by atoms with van der Waals surface area (Å²) in [5, 5.41) is 12.1. The molecular weight excluding hydrogens is 232 g/mol. The van der Waals surface area contributed by atoms with E-state index >= 15 is 0 Å². The molecule has 0 saturated carbocycles. The van der Waals surface area contributed by atoms with Crippen LogP contribution in [-0.4, -0.2) is 30.6 Å². The number of primary amides is 1. The van der Waals surface area contributed by atoms with Crippen LogP contribution in [0.25, 0.3) is 0 Å². The van der Waals surface area contributed by atoms with Crippen molar-refractivity contribution in [2.24, 2.45) is 5.73 Å². The van der Waals surface area contributed by atoms with Gasteiger partial charge < -0.3 is 15.8 Å². The molecule has 0 aliphatic rings. The van der Waals surface area contributed by atoms with Crippen molar-refractivity contribution in [3.63, 3.8) is 0 Å². The topological polar surface area (TPSA) is 101 Å². The predicted molar refractivity (Wildman–Crippen MR) is 66.9 cm³/mol. The van der Waals surface area contributed by atoms with Crippen LogP contribution >= 0.6 is 0 Å². The molecule has 0 fully saturated rings. The minimum absolute atomic E-state index is 0.0960. The van der Waals surface area contributed by atoms with Gasteiger partial charge in [-0.2, -0.15) is 5.26 Å². The summed E-state index contributed by atoms with van der Waals surface area (Å²) in [6, 6.07) is 3.92. The minimum atomic E-state index is -0.497. The fraction of sp³-hybridized carbons (Fsp3) is 0.417. The van der Waals surface area contributed by atoms with Gasteiger partial charge in [0.05, 0.1) is 23.6 Å². The van der Waals surface area contributed by atoms with Gasteiger partial charge in [0.15, 0.2) is 0 Å². The van der Waals surface area contributed by atoms with E-state index in [0.29, 0.717) is 24.4 Å². The van der Waals surface area contributed by atoms with Crippen molar-refractivity contribution >= 4 is 11.6 Å². The molecule has 0 aliphatic heterocycles. The van der Waals surface area contributed by atoms with E-state index in [-0.39, 0.29) is 6.61 Å². The fourth-order valence-corrected chi connectivity index (χ4v) is 1.54. The summed E-state index contributed by atoms with van der Waals surface area (Å²) < 4.78 is 5.02. The van der Waals surface area contributed by atoms with Crippen LogP contribution in [0.4, 0.5) is 5.69 Å². The molecule has 0 aromatic carbocycles. The summed E-state index contributed by atoms with van der Waals surface area (Å²) in [6.45, 7) is 4.39. The smallest absolute Gasteiger partial charge is 0.243 e. The quantitative estimate of drug-likeness (QED) is 0.713. The van der Waals surface area contributed by atoms with Gasteiger partial charge >= 0.3 is 0 Å². The van der Waals surface area contributed by atoms with Gasteiger partial charge in [0.25, 0.3) is 0 Å². The zero-order chi connectivity index (χ0) is 13.5. The van der Waals surface area contributed by atoms with Crippen LogP contribution in [-0.2, 0) is 9.53 Å². The average Bonchev–Trinajstić information content (AvgIpc) is 2.27. The van der Waals surface area contributed by atoms with Gasteiger partial charge in [-0.05, 0) is 19.9 Å². The van der Waals surface area contributed by atoms with E-state index in [4.69, 9.17) is 15.7 Å². The summed E-state index contributed by atoms with van der Waals surface area (Å²) >= 11 is 0. The molecule has 6 nitrogen and oxygen atoms in total. The molecule has 18 heavy (non-hydrogen) atoms. The Morgan fingerprint density at radius 2 is 2.33 bits per heavy atom. The molecule has 1 heterocycles. The van der Waals surface area contributed by atoms with Crippen LogP contribution in [0, 0.1) is 25.2 Å². The maximum absolute atomic E-state index is 10.4. The van der Waals surface area contributed by atoms with Gasteiger partial charge in [-0.1, -0.05) is 0 Å². The number of nitriles is 1. The molecule has 0 spiro atoms. The Morgan fingerprint density at radius 1 is 1.61 bits per heavy atom. The number of carbonyl (C=O) groups is 1. The molecule has 1 aromatic rings. The van der Waals surface area contributed by atoms with E-state index in [1.807, 2.05) is 6.92 Å². The second-order valence-corrected chi connectivity index (χ2v) is 3.83. The number of hydrogen-bond acceptors (Lipinski definition) is 5. The Bertz CT molecular complexity index is 480. The van der Waals surface area contributed by atoms with Crippen molar-refractivity contribution in [3.05, 3.63) is 23.0 Å². The van der Waals surface area contributed by atoms with Gasteiger partial charge in [-0.3, -0.25) is 9.78 Å². The Labute approximate surface area is 106 Å². The molecule has 0 saturated heterocycles. The van der Waals surface area contributed by atoms with Crippen molar-refractivity contribution in [1.29, 1.82) is 5.26 Å². The number of amides is 1. The number of aryl methyl sites for hydroxylation is 2. The van der Waals surface area contributed by atoms with Crippen LogP contribution in [0.1, 0.15) is 17.0 Å². The molecule has 0 unspecified atom stereocenters. The molecule has 0 aliphatic carbocycles. The van der Waals surface area contributed by atoms with E-state index in [0.717, 1.165) is 11.4 Å². The predicted octanol–water partition coefficient (Wildman–Crippen LogP) is 0.484. The number of nitrogens with zero attached hydrogens (tertiary/aromatic N) is 2. The Hall–Kier alpha value is -2.13. The summed E-state index contributed by atoms with van der Waals surface area (Å²) in [4.78, 5) is 14.7. The maximum Gasteiger partial charge on any atom is 0.243 e. The minimum Gasteiger partial charge on any atom is -0.382 e. The Kier molecular flexibility index (Phi) is 5.08. The van der Waals surface area contributed by atoms with Gasteiger partial charge in [0.1, 0.15) is 12.7 Å². The molecule has 96 valence electrons. The average molecular weight is 248 g/mol. The zero-order valence-electron chi connectivity index (χ0n) is 10.5. The largest absolute Gasteiger partial charge is 0.382 e. The highest BCUT2D eigenvalue weighted by atomic mass is 16.5. The maximum atomic E-state index is 10.4. The highest BCUT2D eigenvalue weighted by molar-refractivity contribution is 5.74.